The summed E-state index contributed by atoms with van der Waals surface area (Å²) in [5, 5.41) is 9.72. The SMILES string of the molecule is CCCN(CCN(C)C)Cc1nnc(NN)s1. The summed E-state index contributed by atoms with van der Waals surface area (Å²) in [6, 6.07) is 0. The van der Waals surface area contributed by atoms with E-state index < -0.39 is 0 Å². The maximum atomic E-state index is 5.29. The predicted octanol–water partition coefficient (Wildman–Crippen LogP) is 0.597. The molecular weight excluding hydrogens is 236 g/mol. The van der Waals surface area contributed by atoms with Gasteiger partial charge in [0.1, 0.15) is 5.01 Å². The monoisotopic (exact) mass is 258 g/mol. The molecule has 1 heterocycles. The Hall–Kier alpha value is -0.760. The number of nitrogens with one attached hydrogen (secondary N) is 1. The minimum absolute atomic E-state index is 0.670. The molecule has 1 aromatic rings. The first-order chi connectivity index (χ1) is 8.15. The molecule has 1 rings (SSSR count). The molecule has 0 saturated heterocycles. The summed E-state index contributed by atoms with van der Waals surface area (Å²) in [5.74, 6) is 5.29. The number of aromatic nitrogens is 2. The molecule has 0 fully saturated rings. The number of nitrogens with two attached hydrogens (primary N) is 1. The van der Waals surface area contributed by atoms with Gasteiger partial charge in [0.15, 0.2) is 0 Å². The highest BCUT2D eigenvalue weighted by Gasteiger charge is 2.09. The minimum atomic E-state index is 0.670. The Bertz CT molecular complexity index is 313. The highest BCUT2D eigenvalue weighted by Crippen LogP contribution is 2.15. The van der Waals surface area contributed by atoms with Gasteiger partial charge in [-0.1, -0.05) is 18.3 Å². The molecule has 17 heavy (non-hydrogen) atoms. The van der Waals surface area contributed by atoms with E-state index >= 15 is 0 Å². The van der Waals surface area contributed by atoms with E-state index in [0.29, 0.717) is 5.13 Å². The fourth-order valence-corrected chi connectivity index (χ4v) is 2.19. The van der Waals surface area contributed by atoms with Gasteiger partial charge in [-0.25, -0.2) is 5.84 Å². The van der Waals surface area contributed by atoms with Crippen LogP contribution in [0.3, 0.4) is 0 Å². The molecule has 3 N–H and O–H groups in total. The van der Waals surface area contributed by atoms with Crippen molar-refractivity contribution in [2.24, 2.45) is 5.84 Å². The van der Waals surface area contributed by atoms with E-state index in [1.807, 2.05) is 0 Å². The zero-order chi connectivity index (χ0) is 12.7. The summed E-state index contributed by atoms with van der Waals surface area (Å²) >= 11 is 1.51. The van der Waals surface area contributed by atoms with E-state index in [1.54, 1.807) is 0 Å². The zero-order valence-corrected chi connectivity index (χ0v) is 11.6. The van der Waals surface area contributed by atoms with E-state index in [-0.39, 0.29) is 0 Å². The maximum absolute atomic E-state index is 5.29. The number of nitrogens with zero attached hydrogens (tertiary/aromatic N) is 4. The van der Waals surface area contributed by atoms with Gasteiger partial charge in [-0.05, 0) is 27.1 Å². The van der Waals surface area contributed by atoms with Gasteiger partial charge >= 0.3 is 0 Å². The lowest BCUT2D eigenvalue weighted by Gasteiger charge is -2.22. The molecule has 7 heteroatoms. The van der Waals surface area contributed by atoms with Crippen molar-refractivity contribution in [3.63, 3.8) is 0 Å². The molecule has 0 atom stereocenters. The third kappa shape index (κ3) is 5.40. The van der Waals surface area contributed by atoms with Crippen LogP contribution < -0.4 is 11.3 Å². The average molecular weight is 258 g/mol. The van der Waals surface area contributed by atoms with Gasteiger partial charge in [0, 0.05) is 13.1 Å². The van der Waals surface area contributed by atoms with Gasteiger partial charge in [-0.15, -0.1) is 10.2 Å². The average Bonchev–Trinajstić information content (AvgIpc) is 2.74. The van der Waals surface area contributed by atoms with Crippen molar-refractivity contribution < 1.29 is 0 Å². The summed E-state index contributed by atoms with van der Waals surface area (Å²) in [5.41, 5.74) is 2.52. The van der Waals surface area contributed by atoms with Gasteiger partial charge in [-0.3, -0.25) is 10.3 Å². The van der Waals surface area contributed by atoms with E-state index in [0.717, 1.165) is 37.6 Å². The van der Waals surface area contributed by atoms with Crippen LogP contribution in [0.5, 0.6) is 0 Å². The Labute approximate surface area is 107 Å². The molecular formula is C10H22N6S. The first kappa shape index (κ1) is 14.3. The van der Waals surface area contributed by atoms with E-state index in [4.69, 9.17) is 5.84 Å². The number of hydrazine groups is 1. The van der Waals surface area contributed by atoms with Crippen LogP contribution in [-0.4, -0.2) is 53.7 Å². The Balaban J connectivity index is 2.47. The van der Waals surface area contributed by atoms with Gasteiger partial charge in [-0.2, -0.15) is 0 Å². The number of hydrogen-bond acceptors (Lipinski definition) is 7. The van der Waals surface area contributed by atoms with Crippen molar-refractivity contribution in [3.8, 4) is 0 Å². The number of rotatable bonds is 8. The van der Waals surface area contributed by atoms with Gasteiger partial charge in [0.25, 0.3) is 0 Å². The molecule has 0 unspecified atom stereocenters. The largest absolute Gasteiger partial charge is 0.308 e. The number of hydrogen-bond donors (Lipinski definition) is 2. The molecule has 98 valence electrons. The van der Waals surface area contributed by atoms with Crippen LogP contribution in [0.1, 0.15) is 18.4 Å². The van der Waals surface area contributed by atoms with Crippen LogP contribution in [0.25, 0.3) is 0 Å². The van der Waals surface area contributed by atoms with Crippen molar-refractivity contribution in [2.45, 2.75) is 19.9 Å². The standard InChI is InChI=1S/C10H22N6S/c1-4-5-16(7-6-15(2)3)8-9-13-14-10(12-11)17-9/h4-8,11H2,1-3H3,(H,12,14). The molecule has 0 aliphatic rings. The topological polar surface area (TPSA) is 70.3 Å². The minimum Gasteiger partial charge on any atom is -0.308 e. The normalized spacial score (nSPS) is 11.4. The Morgan fingerprint density at radius 2 is 2.00 bits per heavy atom. The third-order valence-electron chi connectivity index (χ3n) is 2.35. The number of nitrogen functional groups attached to an aromatic ring is 1. The predicted molar refractivity (Wildman–Crippen MR) is 71.8 cm³/mol. The lowest BCUT2D eigenvalue weighted by Crippen LogP contribution is -2.32. The van der Waals surface area contributed by atoms with E-state index in [1.165, 1.54) is 11.3 Å². The fourth-order valence-electron chi connectivity index (χ4n) is 1.49. The summed E-state index contributed by atoms with van der Waals surface area (Å²) < 4.78 is 0. The molecule has 0 saturated carbocycles. The second-order valence-corrected chi connectivity index (χ2v) is 5.29. The van der Waals surface area contributed by atoms with Gasteiger partial charge in [0.05, 0.1) is 6.54 Å². The molecule has 0 spiro atoms. The Kier molecular flexibility index (Phi) is 6.35. The van der Waals surface area contributed by atoms with Crippen molar-refractivity contribution in [1.82, 2.24) is 20.0 Å². The molecule has 1 aromatic heterocycles. The molecule has 0 radical (unpaired) electrons. The van der Waals surface area contributed by atoms with Crippen LogP contribution in [0, 0.1) is 0 Å². The van der Waals surface area contributed by atoms with Gasteiger partial charge < -0.3 is 4.90 Å². The molecule has 0 bridgehead atoms. The van der Waals surface area contributed by atoms with Gasteiger partial charge in [0.2, 0.25) is 5.13 Å². The summed E-state index contributed by atoms with van der Waals surface area (Å²) in [6.07, 6.45) is 1.15. The highest BCUT2D eigenvalue weighted by molar-refractivity contribution is 7.15. The van der Waals surface area contributed by atoms with Crippen molar-refractivity contribution >= 4 is 16.5 Å². The van der Waals surface area contributed by atoms with Crippen LogP contribution in [0.15, 0.2) is 0 Å². The molecule has 0 amide bonds. The smallest absolute Gasteiger partial charge is 0.219 e. The van der Waals surface area contributed by atoms with Crippen LogP contribution >= 0.6 is 11.3 Å². The lowest BCUT2D eigenvalue weighted by atomic mass is 10.4. The number of anilines is 1. The van der Waals surface area contributed by atoms with Crippen LogP contribution in [0.4, 0.5) is 5.13 Å². The second kappa shape index (κ2) is 7.54. The van der Waals surface area contributed by atoms with E-state index in [2.05, 4.69) is 46.4 Å². The molecule has 0 aliphatic carbocycles. The summed E-state index contributed by atoms with van der Waals surface area (Å²) in [4.78, 5) is 4.58. The Morgan fingerprint density at radius 1 is 1.24 bits per heavy atom. The summed E-state index contributed by atoms with van der Waals surface area (Å²) in [7, 11) is 4.18. The molecule has 0 aromatic carbocycles. The maximum Gasteiger partial charge on any atom is 0.219 e. The second-order valence-electron chi connectivity index (χ2n) is 4.22. The summed E-state index contributed by atoms with van der Waals surface area (Å²) in [6.45, 7) is 6.22. The van der Waals surface area contributed by atoms with Crippen LogP contribution in [0.2, 0.25) is 0 Å². The first-order valence-electron chi connectivity index (χ1n) is 5.81. The first-order valence-corrected chi connectivity index (χ1v) is 6.63. The number of likely N-dealkylation sites (N-methyl/N-ethyl adjacent to an activating group) is 1. The third-order valence-corrected chi connectivity index (χ3v) is 3.19. The van der Waals surface area contributed by atoms with Crippen molar-refractivity contribution in [3.05, 3.63) is 5.01 Å². The van der Waals surface area contributed by atoms with Crippen LogP contribution in [-0.2, 0) is 6.54 Å². The van der Waals surface area contributed by atoms with Crippen molar-refractivity contribution in [2.75, 3.05) is 39.2 Å². The molecule has 0 aliphatic heterocycles. The zero-order valence-electron chi connectivity index (χ0n) is 10.8. The lowest BCUT2D eigenvalue weighted by molar-refractivity contribution is 0.233. The highest BCUT2D eigenvalue weighted by atomic mass is 32.1. The Morgan fingerprint density at radius 3 is 2.53 bits per heavy atom. The van der Waals surface area contributed by atoms with Crippen molar-refractivity contribution in [1.29, 1.82) is 0 Å². The van der Waals surface area contributed by atoms with E-state index in [9.17, 15) is 0 Å². The fraction of sp³-hybridized carbons (Fsp3) is 0.800. The quantitative estimate of drug-likeness (QED) is 0.525. The molecule has 6 nitrogen and oxygen atoms in total.